The molecule has 170 valence electrons. The Hall–Kier alpha value is -3.40. The third-order valence-corrected chi connectivity index (χ3v) is 5.41. The molecule has 0 N–H and O–H groups in total. The minimum Gasteiger partial charge on any atom is -0.497 e. The van der Waals surface area contributed by atoms with Gasteiger partial charge >= 0.3 is 5.97 Å². The molecule has 0 fully saturated rings. The van der Waals surface area contributed by atoms with Crippen molar-refractivity contribution >= 4 is 17.7 Å². The maximum absolute atomic E-state index is 11.9. The molecule has 32 heavy (non-hydrogen) atoms. The lowest BCUT2D eigenvalue weighted by Gasteiger charge is -2.15. The van der Waals surface area contributed by atoms with E-state index in [0.717, 1.165) is 11.4 Å². The summed E-state index contributed by atoms with van der Waals surface area (Å²) < 4.78 is 28.5. The van der Waals surface area contributed by atoms with Crippen LogP contribution in [-0.4, -0.2) is 61.5 Å². The molecule has 0 amide bonds. The fourth-order valence-electron chi connectivity index (χ4n) is 3.05. The van der Waals surface area contributed by atoms with E-state index >= 15 is 0 Å². The monoisotopic (exact) mass is 459 g/mol. The maximum Gasteiger partial charge on any atom is 0.316 e. The molecule has 2 aromatic carbocycles. The van der Waals surface area contributed by atoms with E-state index < -0.39 is 0 Å². The van der Waals surface area contributed by atoms with Crippen LogP contribution in [0.2, 0.25) is 0 Å². The van der Waals surface area contributed by atoms with Crippen molar-refractivity contribution in [3.8, 4) is 40.1 Å². The normalized spacial score (nSPS) is 10.5. The van der Waals surface area contributed by atoms with Crippen molar-refractivity contribution in [2.45, 2.75) is 12.1 Å². The summed E-state index contributed by atoms with van der Waals surface area (Å²) >= 11 is 1.24. The first kappa shape index (κ1) is 23.3. The number of carbonyl (C=O) groups is 1. The molecular formula is C22H25N3O6S. The van der Waals surface area contributed by atoms with E-state index in [4.69, 9.17) is 23.7 Å². The highest BCUT2D eigenvalue weighted by molar-refractivity contribution is 7.99. The predicted molar refractivity (Wildman–Crippen MR) is 120 cm³/mol. The summed E-state index contributed by atoms with van der Waals surface area (Å²) in [4.78, 5) is 11.9. The van der Waals surface area contributed by atoms with Crippen LogP contribution in [-0.2, 0) is 9.53 Å². The molecule has 9 nitrogen and oxygen atoms in total. The van der Waals surface area contributed by atoms with Crippen LogP contribution in [0.3, 0.4) is 0 Å². The van der Waals surface area contributed by atoms with Gasteiger partial charge in [0.1, 0.15) is 5.75 Å². The Morgan fingerprint density at radius 3 is 2.12 bits per heavy atom. The fraction of sp³-hybridized carbons (Fsp3) is 0.318. The van der Waals surface area contributed by atoms with E-state index in [0.29, 0.717) is 40.4 Å². The molecule has 0 aliphatic carbocycles. The number of rotatable bonds is 10. The Labute approximate surface area is 190 Å². The number of carbonyl (C=O) groups excluding carboxylic acids is 1. The van der Waals surface area contributed by atoms with Crippen molar-refractivity contribution in [2.24, 2.45) is 0 Å². The van der Waals surface area contributed by atoms with Crippen LogP contribution in [0.15, 0.2) is 41.6 Å². The third-order valence-electron chi connectivity index (χ3n) is 4.51. The van der Waals surface area contributed by atoms with Crippen molar-refractivity contribution in [1.29, 1.82) is 0 Å². The Balaban J connectivity index is 2.12. The molecule has 0 aliphatic rings. The average molecular weight is 460 g/mol. The van der Waals surface area contributed by atoms with Gasteiger partial charge in [0.2, 0.25) is 5.75 Å². The molecule has 0 saturated carbocycles. The second-order valence-electron chi connectivity index (χ2n) is 6.35. The van der Waals surface area contributed by atoms with Gasteiger partial charge in [-0.15, -0.1) is 10.2 Å². The summed E-state index contributed by atoms with van der Waals surface area (Å²) in [7, 11) is 6.26. The zero-order valence-electron chi connectivity index (χ0n) is 18.6. The number of ether oxygens (including phenoxy) is 5. The van der Waals surface area contributed by atoms with Crippen molar-refractivity contribution in [3.05, 3.63) is 36.4 Å². The number of hydrogen-bond acceptors (Lipinski definition) is 9. The lowest BCUT2D eigenvalue weighted by Crippen LogP contribution is -2.08. The van der Waals surface area contributed by atoms with Gasteiger partial charge < -0.3 is 23.7 Å². The predicted octanol–water partition coefficient (Wildman–Crippen LogP) is 3.62. The topological polar surface area (TPSA) is 93.9 Å². The zero-order chi connectivity index (χ0) is 23.1. The molecule has 0 aliphatic heterocycles. The molecule has 0 atom stereocenters. The summed E-state index contributed by atoms with van der Waals surface area (Å²) in [5, 5.41) is 9.25. The number of nitrogens with zero attached hydrogens (tertiary/aromatic N) is 3. The van der Waals surface area contributed by atoms with Gasteiger partial charge in [0.05, 0.1) is 40.8 Å². The number of methoxy groups -OCH3 is 4. The van der Waals surface area contributed by atoms with Crippen LogP contribution in [0.5, 0.6) is 23.0 Å². The van der Waals surface area contributed by atoms with Crippen molar-refractivity contribution < 1.29 is 28.5 Å². The van der Waals surface area contributed by atoms with Crippen LogP contribution in [0.1, 0.15) is 6.92 Å². The van der Waals surface area contributed by atoms with Gasteiger partial charge in [-0.2, -0.15) is 0 Å². The van der Waals surface area contributed by atoms with Crippen LogP contribution in [0.25, 0.3) is 17.1 Å². The van der Waals surface area contributed by atoms with Gasteiger partial charge in [0.15, 0.2) is 22.5 Å². The van der Waals surface area contributed by atoms with Gasteiger partial charge in [-0.1, -0.05) is 11.8 Å². The first-order valence-corrected chi connectivity index (χ1v) is 10.7. The molecule has 3 rings (SSSR count). The largest absolute Gasteiger partial charge is 0.497 e. The Bertz CT molecular complexity index is 1040. The van der Waals surface area contributed by atoms with Gasteiger partial charge in [0.25, 0.3) is 0 Å². The van der Waals surface area contributed by atoms with E-state index in [1.807, 2.05) is 28.8 Å². The Morgan fingerprint density at radius 1 is 0.938 bits per heavy atom. The highest BCUT2D eigenvalue weighted by Crippen LogP contribution is 2.41. The summed E-state index contributed by atoms with van der Waals surface area (Å²) in [6.07, 6.45) is 0. The van der Waals surface area contributed by atoms with Crippen LogP contribution < -0.4 is 18.9 Å². The van der Waals surface area contributed by atoms with Crippen LogP contribution >= 0.6 is 11.8 Å². The summed E-state index contributed by atoms with van der Waals surface area (Å²) in [6, 6.07) is 11.1. The average Bonchev–Trinajstić information content (AvgIpc) is 3.25. The molecule has 3 aromatic rings. The number of benzene rings is 2. The molecule has 10 heteroatoms. The number of hydrogen-bond donors (Lipinski definition) is 0. The van der Waals surface area contributed by atoms with Crippen LogP contribution in [0.4, 0.5) is 0 Å². The van der Waals surface area contributed by atoms with Crippen molar-refractivity contribution in [1.82, 2.24) is 14.8 Å². The van der Waals surface area contributed by atoms with E-state index in [2.05, 4.69) is 10.2 Å². The van der Waals surface area contributed by atoms with E-state index in [9.17, 15) is 4.79 Å². The summed E-state index contributed by atoms with van der Waals surface area (Å²) in [5.41, 5.74) is 1.50. The lowest BCUT2D eigenvalue weighted by atomic mass is 10.1. The highest BCUT2D eigenvalue weighted by atomic mass is 32.2. The molecule has 0 saturated heterocycles. The summed E-state index contributed by atoms with van der Waals surface area (Å²) in [5.74, 6) is 2.51. The Morgan fingerprint density at radius 2 is 1.59 bits per heavy atom. The molecule has 1 heterocycles. The van der Waals surface area contributed by atoms with E-state index in [1.54, 1.807) is 47.5 Å². The smallest absolute Gasteiger partial charge is 0.316 e. The van der Waals surface area contributed by atoms with E-state index in [1.165, 1.54) is 11.8 Å². The lowest BCUT2D eigenvalue weighted by molar-refractivity contribution is -0.139. The number of aromatic nitrogens is 3. The standard InChI is InChI=1S/C22H25N3O6S/c1-6-31-19(26)13-32-22-24-23-21(25(22)15-7-9-16(27-2)10-8-15)14-11-17(28-3)20(30-5)18(12-14)29-4/h7-12H,6,13H2,1-5H3. The third kappa shape index (κ3) is 4.91. The molecule has 0 radical (unpaired) electrons. The SMILES string of the molecule is CCOC(=O)CSc1nnc(-c2cc(OC)c(OC)c(OC)c2)n1-c1ccc(OC)cc1. The second kappa shape index (κ2) is 10.8. The number of esters is 1. The summed E-state index contributed by atoms with van der Waals surface area (Å²) in [6.45, 7) is 2.09. The first-order chi connectivity index (χ1) is 15.6. The van der Waals surface area contributed by atoms with Gasteiger partial charge in [0, 0.05) is 11.3 Å². The van der Waals surface area contributed by atoms with Crippen LogP contribution in [0, 0.1) is 0 Å². The zero-order valence-corrected chi connectivity index (χ0v) is 19.4. The second-order valence-corrected chi connectivity index (χ2v) is 7.29. The van der Waals surface area contributed by atoms with Crippen molar-refractivity contribution in [3.63, 3.8) is 0 Å². The minimum atomic E-state index is -0.323. The minimum absolute atomic E-state index is 0.109. The van der Waals surface area contributed by atoms with Gasteiger partial charge in [-0.3, -0.25) is 9.36 Å². The van der Waals surface area contributed by atoms with Gasteiger partial charge in [-0.05, 0) is 43.3 Å². The first-order valence-electron chi connectivity index (χ1n) is 9.74. The molecule has 1 aromatic heterocycles. The molecule has 0 spiro atoms. The maximum atomic E-state index is 11.9. The van der Waals surface area contributed by atoms with E-state index in [-0.39, 0.29) is 11.7 Å². The van der Waals surface area contributed by atoms with Gasteiger partial charge in [-0.25, -0.2) is 0 Å². The molecular weight excluding hydrogens is 434 g/mol. The Kier molecular flexibility index (Phi) is 7.82. The van der Waals surface area contributed by atoms with Crippen molar-refractivity contribution in [2.75, 3.05) is 40.8 Å². The number of thioether (sulfide) groups is 1. The molecule has 0 unspecified atom stereocenters. The molecule has 0 bridgehead atoms. The highest BCUT2D eigenvalue weighted by Gasteiger charge is 2.21. The quantitative estimate of drug-likeness (QED) is 0.333. The fourth-order valence-corrected chi connectivity index (χ4v) is 3.80.